The maximum atomic E-state index is 11.8. The van der Waals surface area contributed by atoms with Crippen LogP contribution >= 0.6 is 0 Å². The maximum absolute atomic E-state index is 11.8. The normalized spacial score (nSPS) is 15.7. The number of hydrogen-bond donors (Lipinski definition) is 0. The lowest BCUT2D eigenvalue weighted by Gasteiger charge is -2.23. The SMILES string of the molecule is CCOC(=O)C(=[N+]=[N-])C(=O)CCC1(C)C=CCC=C1. The minimum absolute atomic E-state index is 0.128. The van der Waals surface area contributed by atoms with Crippen molar-refractivity contribution in [3.63, 3.8) is 0 Å². The van der Waals surface area contributed by atoms with Crippen molar-refractivity contribution < 1.29 is 19.1 Å². The number of ketones is 1. The molecule has 5 nitrogen and oxygen atoms in total. The fourth-order valence-corrected chi connectivity index (χ4v) is 1.89. The second-order valence-corrected chi connectivity index (χ2v) is 4.64. The molecule has 0 saturated heterocycles. The Bertz CT molecular complexity index is 459. The Morgan fingerprint density at radius 2 is 2.00 bits per heavy atom. The maximum Gasteiger partial charge on any atom is 0.441 e. The number of Topliss-reactive ketones (excluding diaryl/α,β-unsaturated/α-hetero) is 1. The number of esters is 1. The Morgan fingerprint density at radius 1 is 1.37 bits per heavy atom. The van der Waals surface area contributed by atoms with Crippen LogP contribution in [-0.2, 0) is 14.3 Å². The Morgan fingerprint density at radius 3 is 2.53 bits per heavy atom. The lowest BCUT2D eigenvalue weighted by Crippen LogP contribution is -2.28. The highest BCUT2D eigenvalue weighted by Gasteiger charge is 2.32. The Kier molecular flexibility index (Phi) is 5.39. The standard InChI is InChI=1S/C14H18N2O3/c1-3-19-13(18)12(16-15)11(17)7-10-14(2)8-5-4-6-9-14/h5-6,8-9H,3-4,7,10H2,1-2H3. The van der Waals surface area contributed by atoms with Gasteiger partial charge in [0, 0.05) is 11.8 Å². The molecule has 19 heavy (non-hydrogen) atoms. The van der Waals surface area contributed by atoms with Gasteiger partial charge in [0.25, 0.3) is 5.78 Å². The molecule has 102 valence electrons. The van der Waals surface area contributed by atoms with Crippen LogP contribution in [0.3, 0.4) is 0 Å². The molecule has 0 amide bonds. The molecule has 0 unspecified atom stereocenters. The lowest BCUT2D eigenvalue weighted by molar-refractivity contribution is -0.141. The van der Waals surface area contributed by atoms with Crippen molar-refractivity contribution in [1.82, 2.24) is 0 Å². The first kappa shape index (κ1) is 15.1. The van der Waals surface area contributed by atoms with Crippen LogP contribution in [-0.4, -0.2) is 28.9 Å². The highest BCUT2D eigenvalue weighted by molar-refractivity contribution is 6.62. The van der Waals surface area contributed by atoms with Crippen molar-refractivity contribution in [3.8, 4) is 0 Å². The van der Waals surface area contributed by atoms with Gasteiger partial charge >= 0.3 is 11.7 Å². The molecular formula is C14H18N2O3. The van der Waals surface area contributed by atoms with Crippen molar-refractivity contribution in [2.24, 2.45) is 5.41 Å². The van der Waals surface area contributed by atoms with E-state index in [1.54, 1.807) is 6.92 Å². The van der Waals surface area contributed by atoms with Gasteiger partial charge in [-0.05, 0) is 19.8 Å². The Hall–Kier alpha value is -2.00. The average molecular weight is 262 g/mol. The monoisotopic (exact) mass is 262 g/mol. The molecule has 1 aliphatic carbocycles. The van der Waals surface area contributed by atoms with Gasteiger partial charge in [0.15, 0.2) is 0 Å². The molecule has 0 spiro atoms. The number of rotatable bonds is 6. The topological polar surface area (TPSA) is 79.8 Å². The molecule has 1 rings (SSSR count). The van der Waals surface area contributed by atoms with Gasteiger partial charge < -0.3 is 10.3 Å². The summed E-state index contributed by atoms with van der Waals surface area (Å²) >= 11 is 0. The molecule has 0 aromatic rings. The fraction of sp³-hybridized carbons (Fsp3) is 0.500. The molecule has 0 bridgehead atoms. The molecule has 0 radical (unpaired) electrons. The van der Waals surface area contributed by atoms with Crippen LogP contribution in [0.1, 0.15) is 33.1 Å². The number of hydrogen-bond acceptors (Lipinski definition) is 3. The summed E-state index contributed by atoms with van der Waals surface area (Å²) in [6.45, 7) is 3.76. The molecule has 0 atom stereocenters. The second-order valence-electron chi connectivity index (χ2n) is 4.64. The van der Waals surface area contributed by atoms with Gasteiger partial charge in [0.2, 0.25) is 0 Å². The van der Waals surface area contributed by atoms with E-state index in [9.17, 15) is 9.59 Å². The van der Waals surface area contributed by atoms with Crippen molar-refractivity contribution in [2.75, 3.05) is 6.61 Å². The predicted molar refractivity (Wildman–Crippen MR) is 70.5 cm³/mol. The van der Waals surface area contributed by atoms with Gasteiger partial charge in [-0.2, -0.15) is 4.79 Å². The van der Waals surface area contributed by atoms with Crippen LogP contribution in [0.25, 0.3) is 5.53 Å². The van der Waals surface area contributed by atoms with Gasteiger partial charge in [0.1, 0.15) is 0 Å². The van der Waals surface area contributed by atoms with Gasteiger partial charge in [-0.3, -0.25) is 4.79 Å². The van der Waals surface area contributed by atoms with Gasteiger partial charge in [-0.1, -0.05) is 31.2 Å². The summed E-state index contributed by atoms with van der Waals surface area (Å²) in [5.41, 5.74) is 8.01. The first-order chi connectivity index (χ1) is 9.02. The molecule has 0 aromatic heterocycles. The minimum atomic E-state index is -0.880. The Balaban J connectivity index is 2.62. The van der Waals surface area contributed by atoms with E-state index in [4.69, 9.17) is 5.53 Å². The summed E-state index contributed by atoms with van der Waals surface area (Å²) in [6, 6.07) is 0. The number of allylic oxidation sites excluding steroid dienone is 4. The summed E-state index contributed by atoms with van der Waals surface area (Å²) in [5.74, 6) is -1.38. The summed E-state index contributed by atoms with van der Waals surface area (Å²) in [4.78, 5) is 26.0. The highest BCUT2D eigenvalue weighted by Crippen LogP contribution is 2.30. The van der Waals surface area contributed by atoms with Crippen LogP contribution in [0.15, 0.2) is 24.3 Å². The van der Waals surface area contributed by atoms with E-state index in [1.807, 2.05) is 31.2 Å². The molecule has 0 fully saturated rings. The molecule has 0 N–H and O–H groups in total. The number of ether oxygens (including phenoxy) is 1. The molecule has 0 heterocycles. The van der Waals surface area contributed by atoms with Crippen molar-refractivity contribution >= 4 is 17.5 Å². The number of nitrogens with zero attached hydrogens (tertiary/aromatic N) is 2. The molecule has 5 heteroatoms. The molecular weight excluding hydrogens is 244 g/mol. The predicted octanol–water partition coefficient (Wildman–Crippen LogP) is 2.09. The van der Waals surface area contributed by atoms with Gasteiger partial charge in [-0.15, -0.1) is 0 Å². The van der Waals surface area contributed by atoms with E-state index < -0.39 is 17.5 Å². The van der Waals surface area contributed by atoms with Crippen LogP contribution < -0.4 is 0 Å². The first-order valence-corrected chi connectivity index (χ1v) is 6.30. The number of carbonyl (C=O) groups excluding carboxylic acids is 2. The Labute approximate surface area is 112 Å². The molecule has 0 saturated carbocycles. The van der Waals surface area contributed by atoms with Gasteiger partial charge in [-0.25, -0.2) is 4.79 Å². The third-order valence-corrected chi connectivity index (χ3v) is 2.99. The first-order valence-electron chi connectivity index (χ1n) is 6.30. The largest absolute Gasteiger partial charge is 0.457 e. The minimum Gasteiger partial charge on any atom is -0.457 e. The van der Waals surface area contributed by atoms with Crippen LogP contribution in [0, 0.1) is 5.41 Å². The zero-order valence-electron chi connectivity index (χ0n) is 11.3. The van der Waals surface area contributed by atoms with Crippen molar-refractivity contribution in [2.45, 2.75) is 33.1 Å². The van der Waals surface area contributed by atoms with E-state index in [1.165, 1.54) is 0 Å². The third-order valence-electron chi connectivity index (χ3n) is 2.99. The summed E-state index contributed by atoms with van der Waals surface area (Å²) in [6.07, 6.45) is 9.74. The average Bonchev–Trinajstić information content (AvgIpc) is 2.38. The van der Waals surface area contributed by atoms with E-state index in [2.05, 4.69) is 9.53 Å². The van der Waals surface area contributed by atoms with Crippen LogP contribution in [0.4, 0.5) is 0 Å². The van der Waals surface area contributed by atoms with Crippen molar-refractivity contribution in [3.05, 3.63) is 29.8 Å². The molecule has 1 aliphatic rings. The zero-order valence-corrected chi connectivity index (χ0v) is 11.3. The molecule has 0 aliphatic heterocycles. The summed E-state index contributed by atoms with van der Waals surface area (Å²) in [5, 5.41) is 0. The number of carbonyl (C=O) groups is 2. The van der Waals surface area contributed by atoms with E-state index >= 15 is 0 Å². The third kappa shape index (κ3) is 4.30. The lowest BCUT2D eigenvalue weighted by atomic mass is 9.81. The fourth-order valence-electron chi connectivity index (χ4n) is 1.89. The van der Waals surface area contributed by atoms with E-state index in [0.717, 1.165) is 6.42 Å². The zero-order chi connectivity index (χ0) is 14.3. The smallest absolute Gasteiger partial charge is 0.441 e. The van der Waals surface area contributed by atoms with Crippen molar-refractivity contribution in [1.29, 1.82) is 0 Å². The quantitative estimate of drug-likeness (QED) is 0.183. The van der Waals surface area contributed by atoms with E-state index in [-0.39, 0.29) is 18.4 Å². The van der Waals surface area contributed by atoms with Gasteiger partial charge in [0.05, 0.1) is 6.61 Å². The van der Waals surface area contributed by atoms with Crippen LogP contribution in [0.5, 0.6) is 0 Å². The van der Waals surface area contributed by atoms with Crippen LogP contribution in [0.2, 0.25) is 0 Å². The molecule has 0 aromatic carbocycles. The summed E-state index contributed by atoms with van der Waals surface area (Å²) < 4.78 is 4.65. The second kappa shape index (κ2) is 6.81. The van der Waals surface area contributed by atoms with E-state index in [0.29, 0.717) is 6.42 Å². The highest BCUT2D eigenvalue weighted by atomic mass is 16.5. The summed E-state index contributed by atoms with van der Waals surface area (Å²) in [7, 11) is 0.